The number of hydrogen-bond donors (Lipinski definition) is 0. The molecule has 0 aliphatic rings. The number of ketones is 1. The molecule has 2 rings (SSSR count). The van der Waals surface area contributed by atoms with Crippen LogP contribution >= 0.6 is 23.2 Å². The van der Waals surface area contributed by atoms with E-state index in [1.807, 2.05) is 0 Å². The van der Waals surface area contributed by atoms with Crippen molar-refractivity contribution in [1.82, 2.24) is 0 Å². The highest BCUT2D eigenvalue weighted by molar-refractivity contribution is 6.42. The molecule has 0 saturated heterocycles. The number of Topliss-reactive ketones (excluding diaryl/α,β-unsaturated/α-hetero) is 1. The van der Waals surface area contributed by atoms with Gasteiger partial charge < -0.3 is 14.2 Å². The van der Waals surface area contributed by atoms with Crippen LogP contribution in [-0.4, -0.2) is 32.1 Å². The molecule has 5 nitrogen and oxygen atoms in total. The average molecular weight is 431 g/mol. The van der Waals surface area contributed by atoms with Gasteiger partial charge in [0.2, 0.25) is 0 Å². The van der Waals surface area contributed by atoms with Gasteiger partial charge in [0.25, 0.3) is 0 Å². The van der Waals surface area contributed by atoms with Gasteiger partial charge in [-0.15, -0.1) is 0 Å². The largest absolute Gasteiger partial charge is 0.493 e. The number of carbonyl (C=O) groups is 2. The molecular formula is C19H14Cl2F2O5. The van der Waals surface area contributed by atoms with Gasteiger partial charge in [-0.1, -0.05) is 29.3 Å². The molecule has 0 spiro atoms. The molecule has 0 unspecified atom stereocenters. The van der Waals surface area contributed by atoms with Crippen molar-refractivity contribution >= 4 is 41.0 Å². The Morgan fingerprint density at radius 3 is 2.46 bits per heavy atom. The highest BCUT2D eigenvalue weighted by Gasteiger charge is 2.12. The van der Waals surface area contributed by atoms with Gasteiger partial charge in [0, 0.05) is 11.6 Å². The molecule has 28 heavy (non-hydrogen) atoms. The normalized spacial score (nSPS) is 10.9. The van der Waals surface area contributed by atoms with Gasteiger partial charge in [0.05, 0.1) is 17.2 Å². The van der Waals surface area contributed by atoms with Gasteiger partial charge in [0.1, 0.15) is 0 Å². The molecule has 0 heterocycles. The molecule has 0 saturated carbocycles. The fourth-order valence-corrected chi connectivity index (χ4v) is 2.38. The summed E-state index contributed by atoms with van der Waals surface area (Å²) < 4.78 is 38.8. The highest BCUT2D eigenvalue weighted by Crippen LogP contribution is 2.29. The Morgan fingerprint density at radius 2 is 1.82 bits per heavy atom. The molecular weight excluding hydrogens is 417 g/mol. The molecule has 0 aromatic heterocycles. The monoisotopic (exact) mass is 430 g/mol. The molecule has 0 radical (unpaired) electrons. The maximum atomic E-state index is 12.3. The standard InChI is InChI=1S/C19H14Cl2F2O5/c1-26-17-8-11(2-6-16(17)28-19(22)23)3-7-18(25)27-10-15(24)12-4-5-13(20)14(21)9-12/h2-9,19H,10H2,1H3/b7-3+. The molecule has 148 valence electrons. The molecule has 2 aromatic carbocycles. The summed E-state index contributed by atoms with van der Waals surface area (Å²) in [5.41, 5.74) is 0.733. The van der Waals surface area contributed by atoms with Gasteiger partial charge in [-0.3, -0.25) is 4.79 Å². The molecule has 0 amide bonds. The van der Waals surface area contributed by atoms with E-state index in [1.54, 1.807) is 0 Å². The first kappa shape index (κ1) is 21.7. The van der Waals surface area contributed by atoms with Gasteiger partial charge in [-0.25, -0.2) is 4.79 Å². The van der Waals surface area contributed by atoms with Crippen LogP contribution in [0.15, 0.2) is 42.5 Å². The van der Waals surface area contributed by atoms with Crippen molar-refractivity contribution in [3.63, 3.8) is 0 Å². The lowest BCUT2D eigenvalue weighted by Gasteiger charge is -2.10. The molecule has 0 N–H and O–H groups in total. The Labute approximate surface area is 169 Å². The third-order valence-electron chi connectivity index (χ3n) is 3.40. The number of halogens is 4. The quantitative estimate of drug-likeness (QED) is 0.333. The van der Waals surface area contributed by atoms with E-state index < -0.39 is 25.0 Å². The van der Waals surface area contributed by atoms with Crippen LogP contribution in [0.1, 0.15) is 15.9 Å². The van der Waals surface area contributed by atoms with Gasteiger partial charge in [0.15, 0.2) is 23.9 Å². The Hall–Kier alpha value is -2.64. The van der Waals surface area contributed by atoms with E-state index in [2.05, 4.69) is 4.74 Å². The molecule has 0 atom stereocenters. The maximum absolute atomic E-state index is 12.3. The van der Waals surface area contributed by atoms with E-state index in [4.69, 9.17) is 32.7 Å². The third-order valence-corrected chi connectivity index (χ3v) is 4.14. The van der Waals surface area contributed by atoms with Crippen molar-refractivity contribution in [2.24, 2.45) is 0 Å². The van der Waals surface area contributed by atoms with Crippen LogP contribution < -0.4 is 9.47 Å². The molecule has 9 heteroatoms. The van der Waals surface area contributed by atoms with Crippen molar-refractivity contribution in [2.45, 2.75) is 6.61 Å². The van der Waals surface area contributed by atoms with E-state index in [0.717, 1.165) is 6.08 Å². The Morgan fingerprint density at radius 1 is 1.07 bits per heavy atom. The van der Waals surface area contributed by atoms with Gasteiger partial charge in [-0.05, 0) is 42.0 Å². The lowest BCUT2D eigenvalue weighted by atomic mass is 10.1. The lowest BCUT2D eigenvalue weighted by molar-refractivity contribution is -0.136. The summed E-state index contributed by atoms with van der Waals surface area (Å²) in [6.45, 7) is -3.47. The minimum atomic E-state index is -2.99. The fourth-order valence-electron chi connectivity index (χ4n) is 2.08. The van der Waals surface area contributed by atoms with Crippen molar-refractivity contribution in [2.75, 3.05) is 13.7 Å². The van der Waals surface area contributed by atoms with E-state index in [1.165, 1.54) is 49.6 Å². The number of esters is 1. The third kappa shape index (κ3) is 6.21. The van der Waals surface area contributed by atoms with Crippen molar-refractivity contribution in [1.29, 1.82) is 0 Å². The van der Waals surface area contributed by atoms with Crippen LogP contribution in [0.4, 0.5) is 8.78 Å². The topological polar surface area (TPSA) is 61.8 Å². The number of ether oxygens (including phenoxy) is 3. The van der Waals surface area contributed by atoms with Crippen molar-refractivity contribution < 1.29 is 32.6 Å². The van der Waals surface area contributed by atoms with E-state index >= 15 is 0 Å². The second-order valence-corrected chi connectivity index (χ2v) is 6.10. The van der Waals surface area contributed by atoms with Crippen LogP contribution in [0.3, 0.4) is 0 Å². The predicted molar refractivity (Wildman–Crippen MR) is 100 cm³/mol. The summed E-state index contributed by atoms with van der Waals surface area (Å²) in [5, 5.41) is 0.519. The summed E-state index contributed by atoms with van der Waals surface area (Å²) >= 11 is 11.6. The first-order valence-corrected chi connectivity index (χ1v) is 8.51. The maximum Gasteiger partial charge on any atom is 0.387 e. The molecule has 0 aliphatic heterocycles. The lowest BCUT2D eigenvalue weighted by Crippen LogP contribution is -2.12. The van der Waals surface area contributed by atoms with E-state index in [9.17, 15) is 18.4 Å². The van der Waals surface area contributed by atoms with E-state index in [0.29, 0.717) is 10.6 Å². The SMILES string of the molecule is COc1cc(/C=C/C(=O)OCC(=O)c2ccc(Cl)c(Cl)c2)ccc1OC(F)F. The second kappa shape index (κ2) is 10.1. The number of alkyl halides is 2. The molecule has 0 bridgehead atoms. The van der Waals surface area contributed by atoms with E-state index in [-0.39, 0.29) is 22.1 Å². The summed E-state index contributed by atoms with van der Waals surface area (Å²) in [6, 6.07) is 8.45. The smallest absolute Gasteiger partial charge is 0.387 e. The molecule has 0 aliphatic carbocycles. The number of hydrogen-bond acceptors (Lipinski definition) is 5. The fraction of sp³-hybridized carbons (Fsp3) is 0.158. The van der Waals surface area contributed by atoms with Crippen LogP contribution in [0.25, 0.3) is 6.08 Å². The number of benzene rings is 2. The second-order valence-electron chi connectivity index (χ2n) is 5.28. The summed E-state index contributed by atoms with van der Waals surface area (Å²) in [5.74, 6) is -1.27. The van der Waals surface area contributed by atoms with Crippen LogP contribution in [0, 0.1) is 0 Å². The minimum Gasteiger partial charge on any atom is -0.493 e. The summed E-state index contributed by atoms with van der Waals surface area (Å²) in [4.78, 5) is 23.8. The first-order chi connectivity index (χ1) is 13.3. The summed E-state index contributed by atoms with van der Waals surface area (Å²) in [6.07, 6.45) is 2.46. The van der Waals surface area contributed by atoms with Crippen LogP contribution in [-0.2, 0) is 9.53 Å². The van der Waals surface area contributed by atoms with Crippen molar-refractivity contribution in [3.05, 3.63) is 63.6 Å². The Balaban J connectivity index is 1.95. The number of carbonyl (C=O) groups excluding carboxylic acids is 2. The van der Waals surface area contributed by atoms with Crippen LogP contribution in [0.5, 0.6) is 11.5 Å². The van der Waals surface area contributed by atoms with Crippen molar-refractivity contribution in [3.8, 4) is 11.5 Å². The average Bonchev–Trinajstić information content (AvgIpc) is 2.66. The van der Waals surface area contributed by atoms with Gasteiger partial charge in [-0.2, -0.15) is 8.78 Å². The highest BCUT2D eigenvalue weighted by atomic mass is 35.5. The number of methoxy groups -OCH3 is 1. The van der Waals surface area contributed by atoms with Gasteiger partial charge >= 0.3 is 12.6 Å². The first-order valence-electron chi connectivity index (χ1n) is 7.76. The molecule has 2 aromatic rings. The molecule has 0 fully saturated rings. The zero-order chi connectivity index (χ0) is 20.7. The minimum absolute atomic E-state index is 0.0746. The predicted octanol–water partition coefficient (Wildman–Crippen LogP) is 5.04. The number of rotatable bonds is 8. The zero-order valence-electron chi connectivity index (χ0n) is 14.5. The Bertz CT molecular complexity index is 900. The Kier molecular flexibility index (Phi) is 7.78. The summed E-state index contributed by atoms with van der Waals surface area (Å²) in [7, 11) is 1.30. The zero-order valence-corrected chi connectivity index (χ0v) is 16.0. The van der Waals surface area contributed by atoms with Crippen LogP contribution in [0.2, 0.25) is 10.0 Å².